The van der Waals surface area contributed by atoms with Crippen molar-refractivity contribution in [3.63, 3.8) is 0 Å². The van der Waals surface area contributed by atoms with Gasteiger partial charge >= 0.3 is 0 Å². The van der Waals surface area contributed by atoms with Gasteiger partial charge in [0.2, 0.25) is 0 Å². The summed E-state index contributed by atoms with van der Waals surface area (Å²) in [6.07, 6.45) is 0.914. The minimum atomic E-state index is 0.566. The van der Waals surface area contributed by atoms with Crippen molar-refractivity contribution in [1.29, 1.82) is 0 Å². The summed E-state index contributed by atoms with van der Waals surface area (Å²) in [4.78, 5) is 0. The van der Waals surface area contributed by atoms with E-state index in [1.807, 2.05) is 30.3 Å². The molecule has 0 saturated carbocycles. The van der Waals surface area contributed by atoms with Crippen molar-refractivity contribution in [3.05, 3.63) is 93.5 Å². The number of aryl methyl sites for hydroxylation is 1. The first-order valence-corrected chi connectivity index (χ1v) is 10.2. The van der Waals surface area contributed by atoms with E-state index >= 15 is 0 Å². The Kier molecular flexibility index (Phi) is 7.52. The van der Waals surface area contributed by atoms with Gasteiger partial charge in [0.25, 0.3) is 0 Å². The zero-order valence-corrected chi connectivity index (χ0v) is 18.0. The third kappa shape index (κ3) is 5.85. The zero-order valence-electron chi connectivity index (χ0n) is 16.4. The van der Waals surface area contributed by atoms with E-state index in [1.165, 1.54) is 16.7 Å². The third-order valence-electron chi connectivity index (χ3n) is 4.62. The van der Waals surface area contributed by atoms with Crippen molar-refractivity contribution in [2.75, 3.05) is 13.7 Å². The van der Waals surface area contributed by atoms with Crippen molar-refractivity contribution >= 4 is 15.9 Å². The quantitative estimate of drug-likeness (QED) is 0.435. The predicted molar refractivity (Wildman–Crippen MR) is 118 cm³/mol. The van der Waals surface area contributed by atoms with Gasteiger partial charge in [0.05, 0.1) is 7.11 Å². The molecular weight excluding hydrogens is 414 g/mol. The second-order valence-corrected chi connectivity index (χ2v) is 7.68. The molecule has 0 saturated heterocycles. The van der Waals surface area contributed by atoms with Gasteiger partial charge in [-0.05, 0) is 55.3 Å². The number of benzene rings is 3. The van der Waals surface area contributed by atoms with Gasteiger partial charge in [0, 0.05) is 16.6 Å². The molecule has 0 aliphatic rings. The SMILES string of the molecule is COc1ccccc1CCNCc1cc(Br)ccc1OCc1ccc(C)cc1. The van der Waals surface area contributed by atoms with Crippen LogP contribution >= 0.6 is 15.9 Å². The molecule has 0 heterocycles. The average molecular weight is 440 g/mol. The van der Waals surface area contributed by atoms with E-state index < -0.39 is 0 Å². The largest absolute Gasteiger partial charge is 0.496 e. The van der Waals surface area contributed by atoms with E-state index in [4.69, 9.17) is 9.47 Å². The molecule has 3 rings (SSSR count). The molecule has 0 aromatic heterocycles. The van der Waals surface area contributed by atoms with Gasteiger partial charge in [-0.15, -0.1) is 0 Å². The van der Waals surface area contributed by atoms with Gasteiger partial charge < -0.3 is 14.8 Å². The number of hydrogen-bond acceptors (Lipinski definition) is 3. The molecule has 0 amide bonds. The number of nitrogens with one attached hydrogen (secondary N) is 1. The van der Waals surface area contributed by atoms with E-state index in [-0.39, 0.29) is 0 Å². The van der Waals surface area contributed by atoms with Crippen LogP contribution in [0.1, 0.15) is 22.3 Å². The maximum atomic E-state index is 6.09. The van der Waals surface area contributed by atoms with Crippen molar-refractivity contribution in [2.45, 2.75) is 26.5 Å². The van der Waals surface area contributed by atoms with Crippen molar-refractivity contribution in [3.8, 4) is 11.5 Å². The fourth-order valence-corrected chi connectivity index (χ4v) is 3.44. The highest BCUT2D eigenvalue weighted by molar-refractivity contribution is 9.10. The van der Waals surface area contributed by atoms with Crippen LogP contribution in [0, 0.1) is 6.92 Å². The molecule has 0 aliphatic heterocycles. The highest BCUT2D eigenvalue weighted by atomic mass is 79.9. The Hall–Kier alpha value is -2.30. The molecule has 0 unspecified atom stereocenters. The Balaban J connectivity index is 1.57. The Morgan fingerprint density at radius 1 is 0.893 bits per heavy atom. The molecule has 0 aliphatic carbocycles. The molecule has 0 radical (unpaired) electrons. The molecule has 3 aromatic rings. The molecule has 0 spiro atoms. The average Bonchev–Trinajstić information content (AvgIpc) is 2.72. The summed E-state index contributed by atoms with van der Waals surface area (Å²) in [6.45, 7) is 4.27. The molecular formula is C24H26BrNO2. The normalized spacial score (nSPS) is 10.7. The summed E-state index contributed by atoms with van der Waals surface area (Å²) in [5.74, 6) is 1.85. The molecule has 3 aromatic carbocycles. The van der Waals surface area contributed by atoms with Gasteiger partial charge in [-0.2, -0.15) is 0 Å². The van der Waals surface area contributed by atoms with Crippen molar-refractivity contribution < 1.29 is 9.47 Å². The molecule has 3 nitrogen and oxygen atoms in total. The standard InChI is InChI=1S/C24H26BrNO2/c1-18-7-9-19(10-8-18)17-28-24-12-11-22(25)15-21(24)16-26-14-13-20-5-3-4-6-23(20)27-2/h3-12,15,26H,13-14,16-17H2,1-2H3. The predicted octanol–water partition coefficient (Wildman–Crippen LogP) is 5.68. The summed E-state index contributed by atoms with van der Waals surface area (Å²) < 4.78 is 12.6. The van der Waals surface area contributed by atoms with E-state index in [0.29, 0.717) is 6.61 Å². The van der Waals surface area contributed by atoms with Gasteiger partial charge in [0.1, 0.15) is 18.1 Å². The molecule has 0 bridgehead atoms. The maximum absolute atomic E-state index is 6.09. The minimum Gasteiger partial charge on any atom is -0.496 e. The second-order valence-electron chi connectivity index (χ2n) is 6.76. The van der Waals surface area contributed by atoms with Crippen LogP contribution in [-0.2, 0) is 19.6 Å². The first kappa shape index (κ1) is 20.4. The number of halogens is 1. The molecule has 28 heavy (non-hydrogen) atoms. The Labute approximate surface area is 175 Å². The highest BCUT2D eigenvalue weighted by Gasteiger charge is 2.06. The highest BCUT2D eigenvalue weighted by Crippen LogP contribution is 2.24. The molecule has 1 N–H and O–H groups in total. The molecule has 146 valence electrons. The second kappa shape index (κ2) is 10.3. The Bertz CT molecular complexity index is 893. The lowest BCUT2D eigenvalue weighted by atomic mass is 10.1. The molecule has 0 atom stereocenters. The fourth-order valence-electron chi connectivity index (χ4n) is 3.03. The van der Waals surface area contributed by atoms with Crippen molar-refractivity contribution in [1.82, 2.24) is 5.32 Å². The van der Waals surface area contributed by atoms with Gasteiger partial charge in [-0.3, -0.25) is 0 Å². The van der Waals surface area contributed by atoms with Crippen LogP contribution in [0.3, 0.4) is 0 Å². The smallest absolute Gasteiger partial charge is 0.124 e. The minimum absolute atomic E-state index is 0.566. The lowest BCUT2D eigenvalue weighted by Gasteiger charge is -2.14. The van der Waals surface area contributed by atoms with Crippen LogP contribution in [0.2, 0.25) is 0 Å². The van der Waals surface area contributed by atoms with E-state index in [1.54, 1.807) is 7.11 Å². The number of para-hydroxylation sites is 1. The van der Waals surface area contributed by atoms with Crippen molar-refractivity contribution in [2.24, 2.45) is 0 Å². The summed E-state index contributed by atoms with van der Waals surface area (Å²) in [5, 5.41) is 3.52. The van der Waals surface area contributed by atoms with E-state index in [0.717, 1.165) is 41.0 Å². The molecule has 4 heteroatoms. The number of hydrogen-bond donors (Lipinski definition) is 1. The van der Waals surface area contributed by atoms with E-state index in [9.17, 15) is 0 Å². The number of rotatable bonds is 9. The van der Waals surface area contributed by atoms with Crippen LogP contribution < -0.4 is 14.8 Å². The van der Waals surface area contributed by atoms with Gasteiger partial charge in [0.15, 0.2) is 0 Å². The van der Waals surface area contributed by atoms with Crippen LogP contribution in [0.4, 0.5) is 0 Å². The van der Waals surface area contributed by atoms with E-state index in [2.05, 4.69) is 64.6 Å². The zero-order chi connectivity index (χ0) is 19.8. The first-order valence-electron chi connectivity index (χ1n) is 9.45. The lowest BCUT2D eigenvalue weighted by molar-refractivity contribution is 0.302. The summed E-state index contributed by atoms with van der Waals surface area (Å²) in [6, 6.07) is 22.7. The van der Waals surface area contributed by atoms with Crippen LogP contribution in [0.25, 0.3) is 0 Å². The Morgan fingerprint density at radius 3 is 2.46 bits per heavy atom. The van der Waals surface area contributed by atoms with Crippen LogP contribution in [-0.4, -0.2) is 13.7 Å². The van der Waals surface area contributed by atoms with Crippen LogP contribution in [0.5, 0.6) is 11.5 Å². The van der Waals surface area contributed by atoms with Gasteiger partial charge in [-0.1, -0.05) is 64.0 Å². The summed E-state index contributed by atoms with van der Waals surface area (Å²) in [7, 11) is 1.71. The lowest BCUT2D eigenvalue weighted by Crippen LogP contribution is -2.17. The third-order valence-corrected chi connectivity index (χ3v) is 5.11. The summed E-state index contributed by atoms with van der Waals surface area (Å²) >= 11 is 3.57. The van der Waals surface area contributed by atoms with Gasteiger partial charge in [-0.25, -0.2) is 0 Å². The van der Waals surface area contributed by atoms with Crippen LogP contribution in [0.15, 0.2) is 71.2 Å². The monoisotopic (exact) mass is 439 g/mol. The Morgan fingerprint density at radius 2 is 1.68 bits per heavy atom. The number of methoxy groups -OCH3 is 1. The fraction of sp³-hybridized carbons (Fsp3) is 0.250. The molecule has 0 fully saturated rings. The first-order chi connectivity index (χ1) is 13.7. The number of ether oxygens (including phenoxy) is 2. The summed E-state index contributed by atoms with van der Waals surface area (Å²) in [5.41, 5.74) is 4.78. The topological polar surface area (TPSA) is 30.5 Å². The maximum Gasteiger partial charge on any atom is 0.124 e.